The third kappa shape index (κ3) is 4.81. The van der Waals surface area contributed by atoms with Gasteiger partial charge in [-0.25, -0.2) is 5.43 Å². The number of carbonyl (C=O) groups is 1. The molecular weight excluding hydrogens is 460 g/mol. The van der Waals surface area contributed by atoms with Crippen LogP contribution in [0.5, 0.6) is 0 Å². The maximum absolute atomic E-state index is 12.7. The van der Waals surface area contributed by atoms with Gasteiger partial charge in [-0.1, -0.05) is 66.7 Å². The number of aryl methyl sites for hydroxylation is 1. The van der Waals surface area contributed by atoms with Crippen molar-refractivity contribution < 1.29 is 4.79 Å². The first kappa shape index (κ1) is 22.1. The standard InChI is InChI=1S/C27H22N4OS2/c1-19-16-25(22-14-8-9-15-23(22)28-19)33-18-26(32)29-30-27-31(21-12-6-3-7-13-21)24(17-34-27)20-10-4-2-5-11-20/h2-17H,18H2,1H3,(H,29,32). The van der Waals surface area contributed by atoms with Crippen LogP contribution in [-0.2, 0) is 4.79 Å². The quantitative estimate of drug-likeness (QED) is 0.246. The van der Waals surface area contributed by atoms with Crippen molar-refractivity contribution in [3.8, 4) is 16.9 Å². The van der Waals surface area contributed by atoms with E-state index in [1.807, 2.05) is 85.8 Å². The van der Waals surface area contributed by atoms with E-state index < -0.39 is 0 Å². The van der Waals surface area contributed by atoms with E-state index in [0.717, 1.165) is 38.4 Å². The highest BCUT2D eigenvalue weighted by Gasteiger charge is 2.11. The number of hydrogen-bond donors (Lipinski definition) is 1. The van der Waals surface area contributed by atoms with E-state index in [9.17, 15) is 4.79 Å². The van der Waals surface area contributed by atoms with Gasteiger partial charge < -0.3 is 0 Å². The van der Waals surface area contributed by atoms with Crippen LogP contribution in [0.3, 0.4) is 0 Å². The fraction of sp³-hybridized carbons (Fsp3) is 0.0741. The summed E-state index contributed by atoms with van der Waals surface area (Å²) in [5, 5.41) is 7.59. The fourth-order valence-electron chi connectivity index (χ4n) is 3.70. The van der Waals surface area contributed by atoms with E-state index in [4.69, 9.17) is 0 Å². The van der Waals surface area contributed by atoms with Gasteiger partial charge in [0.15, 0.2) is 0 Å². The largest absolute Gasteiger partial charge is 0.284 e. The smallest absolute Gasteiger partial charge is 0.250 e. The summed E-state index contributed by atoms with van der Waals surface area (Å²) in [7, 11) is 0. The van der Waals surface area contributed by atoms with Crippen molar-refractivity contribution in [2.45, 2.75) is 11.8 Å². The van der Waals surface area contributed by atoms with Crippen LogP contribution in [0.25, 0.3) is 27.8 Å². The molecule has 0 spiro atoms. The molecule has 1 N–H and O–H groups in total. The molecule has 2 aromatic heterocycles. The van der Waals surface area contributed by atoms with Crippen LogP contribution >= 0.6 is 23.1 Å². The summed E-state index contributed by atoms with van der Waals surface area (Å²) in [5.41, 5.74) is 7.72. The Hall–Kier alpha value is -3.68. The Morgan fingerprint density at radius 2 is 1.71 bits per heavy atom. The highest BCUT2D eigenvalue weighted by Crippen LogP contribution is 2.27. The number of para-hydroxylation sites is 2. The van der Waals surface area contributed by atoms with E-state index in [1.54, 1.807) is 0 Å². The summed E-state index contributed by atoms with van der Waals surface area (Å²) in [5.74, 6) is 0.108. The van der Waals surface area contributed by atoms with Crippen LogP contribution in [0.4, 0.5) is 0 Å². The number of carbonyl (C=O) groups excluding carboxylic acids is 1. The van der Waals surface area contributed by atoms with Crippen molar-refractivity contribution in [2.75, 3.05) is 5.75 Å². The van der Waals surface area contributed by atoms with Crippen molar-refractivity contribution in [3.05, 3.63) is 107 Å². The van der Waals surface area contributed by atoms with Crippen molar-refractivity contribution in [1.29, 1.82) is 0 Å². The van der Waals surface area contributed by atoms with Gasteiger partial charge in [0.25, 0.3) is 5.91 Å². The molecule has 5 aromatic rings. The third-order valence-electron chi connectivity index (χ3n) is 5.23. The summed E-state index contributed by atoms with van der Waals surface area (Å²) < 4.78 is 2.06. The molecular formula is C27H22N4OS2. The predicted molar refractivity (Wildman–Crippen MR) is 140 cm³/mol. The predicted octanol–water partition coefficient (Wildman–Crippen LogP) is 5.79. The van der Waals surface area contributed by atoms with Crippen LogP contribution in [0.15, 0.2) is 106 Å². The Balaban J connectivity index is 1.40. The van der Waals surface area contributed by atoms with Gasteiger partial charge in [0.2, 0.25) is 4.80 Å². The number of hydrogen-bond acceptors (Lipinski definition) is 5. The lowest BCUT2D eigenvalue weighted by Gasteiger charge is -2.09. The second-order valence-corrected chi connectivity index (χ2v) is 9.51. The average molecular weight is 483 g/mol. The first-order valence-corrected chi connectivity index (χ1v) is 12.7. The number of nitrogens with zero attached hydrogens (tertiary/aromatic N) is 3. The van der Waals surface area contributed by atoms with Gasteiger partial charge in [-0.3, -0.25) is 14.3 Å². The molecule has 34 heavy (non-hydrogen) atoms. The molecule has 0 atom stereocenters. The van der Waals surface area contributed by atoms with Crippen LogP contribution in [0.2, 0.25) is 0 Å². The molecule has 2 heterocycles. The number of amides is 1. The highest BCUT2D eigenvalue weighted by atomic mass is 32.2. The number of rotatable bonds is 6. The Morgan fingerprint density at radius 1 is 1.00 bits per heavy atom. The number of thioether (sulfide) groups is 1. The average Bonchev–Trinajstić information content (AvgIpc) is 3.31. The minimum atomic E-state index is -0.155. The van der Waals surface area contributed by atoms with Crippen molar-refractivity contribution >= 4 is 39.9 Å². The molecule has 168 valence electrons. The molecule has 0 saturated heterocycles. The summed E-state index contributed by atoms with van der Waals surface area (Å²) in [6, 6.07) is 30.2. The van der Waals surface area contributed by atoms with Crippen molar-refractivity contribution in [1.82, 2.24) is 15.0 Å². The zero-order valence-electron chi connectivity index (χ0n) is 18.5. The van der Waals surface area contributed by atoms with Crippen LogP contribution in [0, 0.1) is 6.92 Å². The van der Waals surface area contributed by atoms with Gasteiger partial charge in [-0.2, -0.15) is 0 Å². The van der Waals surface area contributed by atoms with E-state index in [-0.39, 0.29) is 11.7 Å². The maximum Gasteiger partial charge on any atom is 0.250 e. The number of nitrogens with one attached hydrogen (secondary N) is 1. The second kappa shape index (κ2) is 10.1. The number of benzene rings is 3. The minimum Gasteiger partial charge on any atom is -0.284 e. The third-order valence-corrected chi connectivity index (χ3v) is 7.11. The van der Waals surface area contributed by atoms with E-state index in [1.165, 1.54) is 23.1 Å². The lowest BCUT2D eigenvalue weighted by atomic mass is 10.1. The summed E-state index contributed by atoms with van der Waals surface area (Å²) >= 11 is 2.99. The molecule has 3 aromatic carbocycles. The zero-order chi connectivity index (χ0) is 23.3. The lowest BCUT2D eigenvalue weighted by Crippen LogP contribution is -2.25. The Bertz CT molecular complexity index is 1510. The summed E-state index contributed by atoms with van der Waals surface area (Å²) in [6.07, 6.45) is 0. The molecule has 0 radical (unpaired) electrons. The molecule has 5 rings (SSSR count). The van der Waals surface area contributed by atoms with Crippen LogP contribution in [0.1, 0.15) is 5.69 Å². The number of thiazole rings is 1. The summed E-state index contributed by atoms with van der Waals surface area (Å²) in [6.45, 7) is 1.97. The highest BCUT2D eigenvalue weighted by molar-refractivity contribution is 8.00. The number of aromatic nitrogens is 2. The molecule has 0 unspecified atom stereocenters. The fourth-order valence-corrected chi connectivity index (χ4v) is 5.50. The van der Waals surface area contributed by atoms with Crippen molar-refractivity contribution in [2.24, 2.45) is 5.10 Å². The molecule has 0 aliphatic rings. The van der Waals surface area contributed by atoms with Gasteiger partial charge in [-0.15, -0.1) is 28.2 Å². The molecule has 0 fully saturated rings. The molecule has 0 bridgehead atoms. The molecule has 7 heteroatoms. The van der Waals surface area contributed by atoms with E-state index in [2.05, 4.69) is 37.6 Å². The Morgan fingerprint density at radius 3 is 2.50 bits per heavy atom. The zero-order valence-corrected chi connectivity index (χ0v) is 20.1. The summed E-state index contributed by atoms with van der Waals surface area (Å²) in [4.78, 5) is 19.0. The molecule has 0 aliphatic heterocycles. The monoisotopic (exact) mass is 482 g/mol. The second-order valence-electron chi connectivity index (χ2n) is 7.65. The number of pyridine rings is 1. The Kier molecular flexibility index (Phi) is 6.56. The first-order chi connectivity index (χ1) is 16.7. The van der Waals surface area contributed by atoms with Crippen LogP contribution < -0.4 is 10.2 Å². The topological polar surface area (TPSA) is 59.3 Å². The maximum atomic E-state index is 12.7. The SMILES string of the molecule is Cc1cc(SCC(=O)NN=c2scc(-c3ccccc3)n2-c2ccccc2)c2ccccc2n1. The van der Waals surface area contributed by atoms with Gasteiger partial charge >= 0.3 is 0 Å². The van der Waals surface area contributed by atoms with Crippen molar-refractivity contribution in [3.63, 3.8) is 0 Å². The van der Waals surface area contributed by atoms with Crippen LogP contribution in [-0.4, -0.2) is 21.2 Å². The van der Waals surface area contributed by atoms with E-state index in [0.29, 0.717) is 4.80 Å². The lowest BCUT2D eigenvalue weighted by molar-refractivity contribution is -0.118. The molecule has 1 amide bonds. The number of fused-ring (bicyclic) bond motifs is 1. The normalized spacial score (nSPS) is 11.6. The van der Waals surface area contributed by atoms with E-state index >= 15 is 0 Å². The Labute approximate surface area is 205 Å². The van der Waals surface area contributed by atoms with Gasteiger partial charge in [0, 0.05) is 27.0 Å². The van der Waals surface area contributed by atoms with Gasteiger partial charge in [0.1, 0.15) is 0 Å². The molecule has 5 nitrogen and oxygen atoms in total. The van der Waals surface area contributed by atoms with Gasteiger partial charge in [-0.05, 0) is 36.8 Å². The molecule has 0 saturated carbocycles. The minimum absolute atomic E-state index is 0.155. The first-order valence-electron chi connectivity index (χ1n) is 10.8. The van der Waals surface area contributed by atoms with Gasteiger partial charge in [0.05, 0.1) is 17.0 Å². The molecule has 0 aliphatic carbocycles.